The van der Waals surface area contributed by atoms with E-state index in [-0.39, 0.29) is 5.97 Å². The molecule has 0 aromatic heterocycles. The Labute approximate surface area is 101 Å². The first-order valence-electron chi connectivity index (χ1n) is 5.74. The number of carbonyl (C=O) groups excluding carboxylic acids is 1. The maximum atomic E-state index is 11.5. The maximum absolute atomic E-state index is 11.5. The molecule has 2 rings (SSSR count). The first-order valence-corrected chi connectivity index (χ1v) is 5.74. The topological polar surface area (TPSA) is 47.6 Å². The largest absolute Gasteiger partial charge is 0.465 e. The summed E-state index contributed by atoms with van der Waals surface area (Å²) < 4.78 is 10.0. The number of benzene rings is 1. The van der Waals surface area contributed by atoms with E-state index in [1.165, 1.54) is 7.11 Å². The average molecular weight is 235 g/mol. The van der Waals surface area contributed by atoms with Crippen LogP contribution in [0.15, 0.2) is 18.2 Å². The van der Waals surface area contributed by atoms with Gasteiger partial charge in [0.15, 0.2) is 0 Å². The quantitative estimate of drug-likeness (QED) is 0.814. The van der Waals surface area contributed by atoms with E-state index < -0.39 is 0 Å². The van der Waals surface area contributed by atoms with Crippen LogP contribution in [-0.2, 0) is 9.47 Å². The van der Waals surface area contributed by atoms with E-state index in [0.717, 1.165) is 30.9 Å². The molecule has 17 heavy (non-hydrogen) atoms. The van der Waals surface area contributed by atoms with Gasteiger partial charge in [0.25, 0.3) is 0 Å². The van der Waals surface area contributed by atoms with E-state index in [4.69, 9.17) is 9.47 Å². The van der Waals surface area contributed by atoms with E-state index in [0.29, 0.717) is 11.6 Å². The van der Waals surface area contributed by atoms with Crippen molar-refractivity contribution in [2.45, 2.75) is 19.4 Å². The molecule has 4 nitrogen and oxygen atoms in total. The molecule has 0 saturated carbocycles. The van der Waals surface area contributed by atoms with Gasteiger partial charge in [0.2, 0.25) is 0 Å². The standard InChI is InChI=1S/C13H17NO3/c1-9-3-4-10(7-12(9)13(15)16-2)14-11-5-6-17-8-11/h3-4,7,11,14H,5-6,8H2,1-2H3/t11-/m0/s1. The van der Waals surface area contributed by atoms with Crippen molar-refractivity contribution >= 4 is 11.7 Å². The molecule has 0 bridgehead atoms. The first-order chi connectivity index (χ1) is 8.20. The van der Waals surface area contributed by atoms with Gasteiger partial charge in [-0.15, -0.1) is 0 Å². The van der Waals surface area contributed by atoms with Crippen LogP contribution in [0.5, 0.6) is 0 Å². The van der Waals surface area contributed by atoms with Crippen molar-refractivity contribution in [1.29, 1.82) is 0 Å². The number of aryl methyl sites for hydroxylation is 1. The lowest BCUT2D eigenvalue weighted by molar-refractivity contribution is 0.0600. The number of hydrogen-bond donors (Lipinski definition) is 1. The predicted octanol–water partition coefficient (Wildman–Crippen LogP) is 1.98. The fraction of sp³-hybridized carbons (Fsp3) is 0.462. The van der Waals surface area contributed by atoms with Gasteiger partial charge in [0.05, 0.1) is 25.3 Å². The van der Waals surface area contributed by atoms with Crippen LogP contribution in [-0.4, -0.2) is 32.3 Å². The number of rotatable bonds is 3. The van der Waals surface area contributed by atoms with Crippen LogP contribution in [0.2, 0.25) is 0 Å². The van der Waals surface area contributed by atoms with Crippen molar-refractivity contribution in [3.05, 3.63) is 29.3 Å². The zero-order valence-electron chi connectivity index (χ0n) is 10.2. The minimum absolute atomic E-state index is 0.297. The Hall–Kier alpha value is -1.55. The van der Waals surface area contributed by atoms with Crippen molar-refractivity contribution in [3.63, 3.8) is 0 Å². The van der Waals surface area contributed by atoms with E-state index >= 15 is 0 Å². The second-order valence-corrected chi connectivity index (χ2v) is 4.23. The van der Waals surface area contributed by atoms with Crippen LogP contribution in [0.4, 0.5) is 5.69 Å². The Kier molecular flexibility index (Phi) is 3.64. The predicted molar refractivity (Wildman–Crippen MR) is 65.4 cm³/mol. The molecular formula is C13H17NO3. The number of esters is 1. The summed E-state index contributed by atoms with van der Waals surface area (Å²) in [6.45, 7) is 3.42. The van der Waals surface area contributed by atoms with Crippen molar-refractivity contribution < 1.29 is 14.3 Å². The summed E-state index contributed by atoms with van der Waals surface area (Å²) in [5, 5.41) is 3.35. The molecule has 1 aromatic carbocycles. The molecule has 1 N–H and O–H groups in total. The summed E-state index contributed by atoms with van der Waals surface area (Å²) >= 11 is 0. The van der Waals surface area contributed by atoms with Gasteiger partial charge in [-0.25, -0.2) is 4.79 Å². The van der Waals surface area contributed by atoms with Gasteiger partial charge in [-0.1, -0.05) is 6.07 Å². The smallest absolute Gasteiger partial charge is 0.338 e. The highest BCUT2D eigenvalue weighted by molar-refractivity contribution is 5.92. The van der Waals surface area contributed by atoms with Crippen LogP contribution in [0.3, 0.4) is 0 Å². The van der Waals surface area contributed by atoms with Crippen LogP contribution in [0.1, 0.15) is 22.3 Å². The third-order valence-corrected chi connectivity index (χ3v) is 2.94. The summed E-state index contributed by atoms with van der Waals surface area (Å²) in [5.41, 5.74) is 2.47. The molecule has 1 atom stereocenters. The maximum Gasteiger partial charge on any atom is 0.338 e. The van der Waals surface area contributed by atoms with Crippen molar-refractivity contribution in [2.75, 3.05) is 25.6 Å². The Morgan fingerprint density at radius 1 is 1.53 bits per heavy atom. The van der Waals surface area contributed by atoms with E-state index in [1.54, 1.807) is 0 Å². The molecule has 1 aliphatic heterocycles. The lowest BCUT2D eigenvalue weighted by Crippen LogP contribution is -2.19. The second kappa shape index (κ2) is 5.19. The summed E-state index contributed by atoms with van der Waals surface area (Å²) in [4.78, 5) is 11.5. The number of ether oxygens (including phenoxy) is 2. The van der Waals surface area contributed by atoms with Crippen molar-refractivity contribution in [3.8, 4) is 0 Å². The third-order valence-electron chi connectivity index (χ3n) is 2.94. The number of methoxy groups -OCH3 is 1. The fourth-order valence-electron chi connectivity index (χ4n) is 1.93. The number of anilines is 1. The fourth-order valence-corrected chi connectivity index (χ4v) is 1.93. The SMILES string of the molecule is COC(=O)c1cc(N[C@H]2CCOC2)ccc1C. The molecule has 0 unspecified atom stereocenters. The molecule has 1 aliphatic rings. The molecule has 1 heterocycles. The molecule has 0 amide bonds. The first kappa shape index (κ1) is 11.9. The van der Waals surface area contributed by atoms with E-state index in [1.807, 2.05) is 25.1 Å². The summed E-state index contributed by atoms with van der Waals surface area (Å²) in [6.07, 6.45) is 1.00. The van der Waals surface area contributed by atoms with Crippen LogP contribution < -0.4 is 5.32 Å². The summed E-state index contributed by atoms with van der Waals surface area (Å²) in [5.74, 6) is -0.297. The molecule has 4 heteroatoms. The number of carbonyl (C=O) groups is 1. The number of nitrogens with one attached hydrogen (secondary N) is 1. The second-order valence-electron chi connectivity index (χ2n) is 4.23. The highest BCUT2D eigenvalue weighted by Gasteiger charge is 2.16. The van der Waals surface area contributed by atoms with Gasteiger partial charge in [0, 0.05) is 12.3 Å². The highest BCUT2D eigenvalue weighted by atomic mass is 16.5. The zero-order valence-corrected chi connectivity index (χ0v) is 10.2. The molecule has 0 radical (unpaired) electrons. The summed E-state index contributed by atoms with van der Waals surface area (Å²) in [6, 6.07) is 6.06. The molecule has 0 aliphatic carbocycles. The van der Waals surface area contributed by atoms with Crippen LogP contribution in [0.25, 0.3) is 0 Å². The van der Waals surface area contributed by atoms with Gasteiger partial charge in [0.1, 0.15) is 0 Å². The lowest BCUT2D eigenvalue weighted by atomic mass is 10.1. The Bertz CT molecular complexity index is 411. The average Bonchev–Trinajstić information content (AvgIpc) is 2.83. The van der Waals surface area contributed by atoms with Crippen LogP contribution in [0, 0.1) is 6.92 Å². The minimum atomic E-state index is -0.297. The van der Waals surface area contributed by atoms with E-state index in [9.17, 15) is 4.79 Å². The van der Waals surface area contributed by atoms with Gasteiger partial charge < -0.3 is 14.8 Å². The normalized spacial score (nSPS) is 19.1. The molecule has 92 valence electrons. The monoisotopic (exact) mass is 235 g/mol. The zero-order chi connectivity index (χ0) is 12.3. The van der Waals surface area contributed by atoms with Crippen LogP contribution >= 0.6 is 0 Å². The molecule has 1 aromatic rings. The van der Waals surface area contributed by atoms with Gasteiger partial charge in [-0.05, 0) is 31.0 Å². The Balaban J connectivity index is 2.15. The molecule has 1 saturated heterocycles. The molecular weight excluding hydrogens is 218 g/mol. The van der Waals surface area contributed by atoms with Gasteiger partial charge in [-0.2, -0.15) is 0 Å². The Morgan fingerprint density at radius 2 is 2.35 bits per heavy atom. The Morgan fingerprint density at radius 3 is 3.00 bits per heavy atom. The summed E-state index contributed by atoms with van der Waals surface area (Å²) in [7, 11) is 1.40. The minimum Gasteiger partial charge on any atom is -0.465 e. The van der Waals surface area contributed by atoms with Gasteiger partial charge >= 0.3 is 5.97 Å². The van der Waals surface area contributed by atoms with Gasteiger partial charge in [-0.3, -0.25) is 0 Å². The van der Waals surface area contributed by atoms with Crippen molar-refractivity contribution in [1.82, 2.24) is 0 Å². The van der Waals surface area contributed by atoms with Crippen molar-refractivity contribution in [2.24, 2.45) is 0 Å². The number of hydrogen-bond acceptors (Lipinski definition) is 4. The molecule has 0 spiro atoms. The van der Waals surface area contributed by atoms with E-state index in [2.05, 4.69) is 5.32 Å². The third kappa shape index (κ3) is 2.77. The lowest BCUT2D eigenvalue weighted by Gasteiger charge is -2.13. The highest BCUT2D eigenvalue weighted by Crippen LogP contribution is 2.19. The molecule has 1 fully saturated rings.